The molecular formula is C17H28N2. The Kier molecular flexibility index (Phi) is 5.41. The standard InChI is InChI=1S/C17H28N2/c1-4-17(5-2)19(3)13-15-8-6-7-14(11-15)12-18-16-9-10-16/h6-8,11,16-18H,4-5,9-10,12-13H2,1-3H3. The Morgan fingerprint density at radius 1 is 1.21 bits per heavy atom. The number of hydrogen-bond donors (Lipinski definition) is 1. The predicted octanol–water partition coefficient (Wildman–Crippen LogP) is 3.56. The van der Waals surface area contributed by atoms with E-state index >= 15 is 0 Å². The van der Waals surface area contributed by atoms with Crippen molar-refractivity contribution in [3.63, 3.8) is 0 Å². The van der Waals surface area contributed by atoms with Crippen LogP contribution in [-0.2, 0) is 13.1 Å². The van der Waals surface area contributed by atoms with Gasteiger partial charge in [-0.2, -0.15) is 0 Å². The minimum atomic E-state index is 0.702. The van der Waals surface area contributed by atoms with E-state index in [0.29, 0.717) is 6.04 Å². The van der Waals surface area contributed by atoms with Crippen LogP contribution in [0.2, 0.25) is 0 Å². The van der Waals surface area contributed by atoms with Crippen LogP contribution in [-0.4, -0.2) is 24.0 Å². The third-order valence-corrected chi connectivity index (χ3v) is 4.16. The first-order chi connectivity index (χ1) is 9.22. The zero-order valence-electron chi connectivity index (χ0n) is 12.7. The van der Waals surface area contributed by atoms with Crippen molar-refractivity contribution in [2.24, 2.45) is 0 Å². The van der Waals surface area contributed by atoms with Crippen LogP contribution in [0, 0.1) is 0 Å². The van der Waals surface area contributed by atoms with Crippen LogP contribution in [0.15, 0.2) is 24.3 Å². The number of hydrogen-bond acceptors (Lipinski definition) is 2. The van der Waals surface area contributed by atoms with E-state index in [-0.39, 0.29) is 0 Å². The summed E-state index contributed by atoms with van der Waals surface area (Å²) in [6, 6.07) is 10.5. The highest BCUT2D eigenvalue weighted by atomic mass is 15.1. The molecule has 1 aliphatic carbocycles. The minimum Gasteiger partial charge on any atom is -0.310 e. The lowest BCUT2D eigenvalue weighted by Crippen LogP contribution is -2.30. The van der Waals surface area contributed by atoms with Gasteiger partial charge in [-0.05, 0) is 43.9 Å². The maximum atomic E-state index is 3.58. The van der Waals surface area contributed by atoms with E-state index in [1.165, 1.54) is 36.8 Å². The van der Waals surface area contributed by atoms with Gasteiger partial charge in [-0.1, -0.05) is 38.1 Å². The molecule has 1 N–H and O–H groups in total. The van der Waals surface area contributed by atoms with Crippen LogP contribution in [0.4, 0.5) is 0 Å². The van der Waals surface area contributed by atoms with Crippen molar-refractivity contribution in [1.29, 1.82) is 0 Å². The van der Waals surface area contributed by atoms with E-state index in [1.54, 1.807) is 0 Å². The van der Waals surface area contributed by atoms with Gasteiger partial charge in [-0.15, -0.1) is 0 Å². The molecule has 0 spiro atoms. The quantitative estimate of drug-likeness (QED) is 0.769. The van der Waals surface area contributed by atoms with Gasteiger partial charge in [0.2, 0.25) is 0 Å². The van der Waals surface area contributed by atoms with Gasteiger partial charge in [-0.25, -0.2) is 0 Å². The van der Waals surface area contributed by atoms with Gasteiger partial charge in [0, 0.05) is 25.2 Å². The minimum absolute atomic E-state index is 0.702. The maximum Gasteiger partial charge on any atom is 0.0233 e. The van der Waals surface area contributed by atoms with Crippen LogP contribution in [0.1, 0.15) is 50.7 Å². The fourth-order valence-corrected chi connectivity index (χ4v) is 2.72. The number of nitrogens with zero attached hydrogens (tertiary/aromatic N) is 1. The van der Waals surface area contributed by atoms with Crippen molar-refractivity contribution in [3.8, 4) is 0 Å². The van der Waals surface area contributed by atoms with Crippen molar-refractivity contribution < 1.29 is 0 Å². The lowest BCUT2D eigenvalue weighted by molar-refractivity contribution is 0.221. The maximum absolute atomic E-state index is 3.58. The van der Waals surface area contributed by atoms with E-state index in [0.717, 1.165) is 19.1 Å². The highest BCUT2D eigenvalue weighted by Crippen LogP contribution is 2.19. The molecule has 2 nitrogen and oxygen atoms in total. The smallest absolute Gasteiger partial charge is 0.0233 e. The zero-order valence-corrected chi connectivity index (χ0v) is 12.7. The van der Waals surface area contributed by atoms with Crippen LogP contribution < -0.4 is 5.32 Å². The molecule has 0 heterocycles. The molecule has 0 radical (unpaired) electrons. The van der Waals surface area contributed by atoms with Gasteiger partial charge in [-0.3, -0.25) is 4.90 Å². The van der Waals surface area contributed by atoms with Crippen molar-refractivity contribution in [3.05, 3.63) is 35.4 Å². The van der Waals surface area contributed by atoms with Gasteiger partial charge in [0.25, 0.3) is 0 Å². The Hall–Kier alpha value is -0.860. The highest BCUT2D eigenvalue weighted by molar-refractivity contribution is 5.23. The van der Waals surface area contributed by atoms with Gasteiger partial charge in [0.1, 0.15) is 0 Å². The van der Waals surface area contributed by atoms with E-state index < -0.39 is 0 Å². The van der Waals surface area contributed by atoms with E-state index in [1.807, 2.05) is 0 Å². The average Bonchev–Trinajstić information content (AvgIpc) is 3.22. The van der Waals surface area contributed by atoms with Crippen molar-refractivity contribution in [1.82, 2.24) is 10.2 Å². The molecule has 0 amide bonds. The second-order valence-corrected chi connectivity index (χ2v) is 5.86. The third kappa shape index (κ3) is 4.63. The molecule has 1 aliphatic rings. The molecule has 1 aromatic rings. The summed E-state index contributed by atoms with van der Waals surface area (Å²) in [5.41, 5.74) is 2.85. The molecule has 2 rings (SSSR count). The van der Waals surface area contributed by atoms with E-state index in [9.17, 15) is 0 Å². The number of benzene rings is 1. The summed E-state index contributed by atoms with van der Waals surface area (Å²) in [5.74, 6) is 0. The molecule has 0 aromatic heterocycles. The van der Waals surface area contributed by atoms with Gasteiger partial charge < -0.3 is 5.32 Å². The molecule has 19 heavy (non-hydrogen) atoms. The number of rotatable bonds is 8. The molecule has 0 unspecified atom stereocenters. The number of nitrogens with one attached hydrogen (secondary N) is 1. The highest BCUT2D eigenvalue weighted by Gasteiger charge is 2.19. The first kappa shape index (κ1) is 14.5. The summed E-state index contributed by atoms with van der Waals surface area (Å²) in [6.45, 7) is 6.64. The molecule has 1 saturated carbocycles. The van der Waals surface area contributed by atoms with Crippen LogP contribution in [0.3, 0.4) is 0 Å². The van der Waals surface area contributed by atoms with Crippen LogP contribution >= 0.6 is 0 Å². The molecule has 0 atom stereocenters. The van der Waals surface area contributed by atoms with Crippen LogP contribution in [0.5, 0.6) is 0 Å². The first-order valence-electron chi connectivity index (χ1n) is 7.74. The fraction of sp³-hybridized carbons (Fsp3) is 0.647. The lowest BCUT2D eigenvalue weighted by atomic mass is 10.1. The van der Waals surface area contributed by atoms with E-state index in [4.69, 9.17) is 0 Å². The molecule has 106 valence electrons. The van der Waals surface area contributed by atoms with Crippen molar-refractivity contribution in [2.75, 3.05) is 7.05 Å². The molecule has 1 fully saturated rings. The Morgan fingerprint density at radius 3 is 2.53 bits per heavy atom. The monoisotopic (exact) mass is 260 g/mol. The SMILES string of the molecule is CCC(CC)N(C)Cc1cccc(CNC2CC2)c1. The second kappa shape index (κ2) is 7.06. The third-order valence-electron chi connectivity index (χ3n) is 4.16. The largest absolute Gasteiger partial charge is 0.310 e. The van der Waals surface area contributed by atoms with Gasteiger partial charge in [0.15, 0.2) is 0 Å². The zero-order chi connectivity index (χ0) is 13.7. The molecule has 0 bridgehead atoms. The van der Waals surface area contributed by atoms with E-state index in [2.05, 4.69) is 55.4 Å². The molecule has 0 saturated heterocycles. The van der Waals surface area contributed by atoms with Gasteiger partial charge >= 0.3 is 0 Å². The second-order valence-electron chi connectivity index (χ2n) is 5.86. The topological polar surface area (TPSA) is 15.3 Å². The summed E-state index contributed by atoms with van der Waals surface area (Å²) in [5, 5.41) is 3.58. The molecule has 2 heteroatoms. The Labute approximate surface area is 118 Å². The molecule has 0 aliphatic heterocycles. The predicted molar refractivity (Wildman–Crippen MR) is 82.1 cm³/mol. The summed E-state index contributed by atoms with van der Waals surface area (Å²) in [7, 11) is 2.24. The summed E-state index contributed by atoms with van der Waals surface area (Å²) in [4.78, 5) is 2.48. The normalized spacial score (nSPS) is 15.4. The molecular weight excluding hydrogens is 232 g/mol. The van der Waals surface area contributed by atoms with Crippen molar-refractivity contribution >= 4 is 0 Å². The average molecular weight is 260 g/mol. The lowest BCUT2D eigenvalue weighted by Gasteiger charge is -2.26. The molecule has 1 aromatic carbocycles. The summed E-state index contributed by atoms with van der Waals surface area (Å²) < 4.78 is 0. The Morgan fingerprint density at radius 2 is 1.89 bits per heavy atom. The Balaban J connectivity index is 1.89. The fourth-order valence-electron chi connectivity index (χ4n) is 2.72. The first-order valence-corrected chi connectivity index (χ1v) is 7.74. The van der Waals surface area contributed by atoms with Crippen molar-refractivity contribution in [2.45, 2.75) is 64.7 Å². The Bertz CT molecular complexity index is 381. The van der Waals surface area contributed by atoms with Gasteiger partial charge in [0.05, 0.1) is 0 Å². The summed E-state index contributed by atoms with van der Waals surface area (Å²) in [6.07, 6.45) is 5.18. The summed E-state index contributed by atoms with van der Waals surface area (Å²) >= 11 is 0. The van der Waals surface area contributed by atoms with Crippen LogP contribution in [0.25, 0.3) is 0 Å².